The van der Waals surface area contributed by atoms with E-state index >= 15 is 0 Å². The summed E-state index contributed by atoms with van der Waals surface area (Å²) >= 11 is 0. The van der Waals surface area contributed by atoms with Crippen LogP contribution in [0.3, 0.4) is 0 Å². The van der Waals surface area contributed by atoms with Crippen molar-refractivity contribution >= 4 is 21.7 Å². The van der Waals surface area contributed by atoms with Gasteiger partial charge in [0.1, 0.15) is 5.82 Å². The number of sulfonamides is 1. The molecule has 0 bridgehead atoms. The average molecular weight is 314 g/mol. The van der Waals surface area contributed by atoms with Gasteiger partial charge in [-0.1, -0.05) is 6.92 Å². The molecular weight excluding hydrogens is 292 g/mol. The zero-order valence-corrected chi connectivity index (χ0v) is 13.2. The SMILES string of the molecule is CCCNc1cc(C(=O)NCCCNS(C)(=O)=O)ccn1. The van der Waals surface area contributed by atoms with Crippen LogP contribution in [0, 0.1) is 0 Å². The van der Waals surface area contributed by atoms with Gasteiger partial charge in [0.2, 0.25) is 10.0 Å². The van der Waals surface area contributed by atoms with Crippen LogP contribution in [-0.4, -0.2) is 45.2 Å². The van der Waals surface area contributed by atoms with Gasteiger partial charge in [0.05, 0.1) is 6.26 Å². The first-order valence-electron chi connectivity index (χ1n) is 6.85. The van der Waals surface area contributed by atoms with E-state index in [1.54, 1.807) is 18.3 Å². The molecule has 0 fully saturated rings. The fourth-order valence-corrected chi connectivity index (χ4v) is 2.09. The van der Waals surface area contributed by atoms with Gasteiger partial charge in [0.25, 0.3) is 5.91 Å². The van der Waals surface area contributed by atoms with Crippen LogP contribution in [0.5, 0.6) is 0 Å². The molecule has 0 unspecified atom stereocenters. The van der Waals surface area contributed by atoms with Crippen molar-refractivity contribution in [2.75, 3.05) is 31.2 Å². The lowest BCUT2D eigenvalue weighted by atomic mass is 10.2. The molecule has 7 nitrogen and oxygen atoms in total. The van der Waals surface area contributed by atoms with E-state index in [4.69, 9.17) is 0 Å². The Hall–Kier alpha value is -1.67. The van der Waals surface area contributed by atoms with Crippen LogP contribution in [0.15, 0.2) is 18.3 Å². The Morgan fingerprint density at radius 3 is 2.71 bits per heavy atom. The Labute approximate surface area is 125 Å². The van der Waals surface area contributed by atoms with Crippen molar-refractivity contribution in [3.05, 3.63) is 23.9 Å². The third-order valence-electron chi connectivity index (χ3n) is 2.58. The van der Waals surface area contributed by atoms with Crippen molar-refractivity contribution in [3.63, 3.8) is 0 Å². The minimum absolute atomic E-state index is 0.198. The van der Waals surface area contributed by atoms with Crippen molar-refractivity contribution in [1.82, 2.24) is 15.0 Å². The molecule has 1 aromatic rings. The fourth-order valence-electron chi connectivity index (χ4n) is 1.57. The lowest BCUT2D eigenvalue weighted by Crippen LogP contribution is -2.29. The normalized spacial score (nSPS) is 11.1. The number of nitrogens with one attached hydrogen (secondary N) is 3. The molecule has 1 amide bonds. The lowest BCUT2D eigenvalue weighted by Gasteiger charge is -2.08. The maximum atomic E-state index is 11.9. The molecule has 118 valence electrons. The second-order valence-electron chi connectivity index (χ2n) is 4.63. The summed E-state index contributed by atoms with van der Waals surface area (Å²) in [5, 5.41) is 5.85. The van der Waals surface area contributed by atoms with Crippen LogP contribution in [0.2, 0.25) is 0 Å². The van der Waals surface area contributed by atoms with E-state index in [9.17, 15) is 13.2 Å². The predicted molar refractivity (Wildman–Crippen MR) is 82.8 cm³/mol. The molecule has 0 saturated heterocycles. The van der Waals surface area contributed by atoms with Crippen LogP contribution in [-0.2, 0) is 10.0 Å². The molecule has 1 heterocycles. The van der Waals surface area contributed by atoms with Crippen molar-refractivity contribution in [3.8, 4) is 0 Å². The van der Waals surface area contributed by atoms with Crippen molar-refractivity contribution in [2.45, 2.75) is 19.8 Å². The van der Waals surface area contributed by atoms with Gasteiger partial charge in [-0.05, 0) is 25.0 Å². The summed E-state index contributed by atoms with van der Waals surface area (Å²) in [7, 11) is -3.17. The molecule has 0 atom stereocenters. The van der Waals surface area contributed by atoms with E-state index in [2.05, 4.69) is 20.3 Å². The quantitative estimate of drug-likeness (QED) is 0.579. The topological polar surface area (TPSA) is 100 Å². The molecule has 1 rings (SSSR count). The molecule has 0 spiro atoms. The third kappa shape index (κ3) is 7.62. The summed E-state index contributed by atoms with van der Waals surface area (Å²) < 4.78 is 24.1. The number of anilines is 1. The van der Waals surface area contributed by atoms with Crippen molar-refractivity contribution in [2.24, 2.45) is 0 Å². The minimum Gasteiger partial charge on any atom is -0.370 e. The first-order valence-corrected chi connectivity index (χ1v) is 8.74. The molecular formula is C13H22N4O3S. The highest BCUT2D eigenvalue weighted by Crippen LogP contribution is 2.06. The van der Waals surface area contributed by atoms with Gasteiger partial charge >= 0.3 is 0 Å². The highest BCUT2D eigenvalue weighted by Gasteiger charge is 2.06. The van der Waals surface area contributed by atoms with Gasteiger partial charge in [0, 0.05) is 31.4 Å². The number of rotatable bonds is 9. The third-order valence-corrected chi connectivity index (χ3v) is 3.31. The Kier molecular flexibility index (Phi) is 7.10. The minimum atomic E-state index is -3.17. The van der Waals surface area contributed by atoms with Crippen LogP contribution < -0.4 is 15.4 Å². The molecule has 0 aliphatic heterocycles. The summed E-state index contributed by atoms with van der Waals surface area (Å²) in [6, 6.07) is 3.33. The predicted octanol–water partition coefficient (Wildman–Crippen LogP) is 0.573. The highest BCUT2D eigenvalue weighted by atomic mass is 32.2. The number of hydrogen-bond acceptors (Lipinski definition) is 5. The summed E-state index contributed by atoms with van der Waals surface area (Å²) in [5.74, 6) is 0.472. The van der Waals surface area contributed by atoms with Gasteiger partial charge in [-0.15, -0.1) is 0 Å². The van der Waals surface area contributed by atoms with Crippen LogP contribution in [0.1, 0.15) is 30.1 Å². The number of carbonyl (C=O) groups excluding carboxylic acids is 1. The summed E-state index contributed by atoms with van der Waals surface area (Å²) in [4.78, 5) is 16.1. The van der Waals surface area contributed by atoms with Gasteiger partial charge in [0.15, 0.2) is 0 Å². The monoisotopic (exact) mass is 314 g/mol. The van der Waals surface area contributed by atoms with Gasteiger partial charge in [-0.25, -0.2) is 18.1 Å². The van der Waals surface area contributed by atoms with E-state index in [0.717, 1.165) is 19.2 Å². The van der Waals surface area contributed by atoms with E-state index in [1.165, 1.54) is 0 Å². The lowest BCUT2D eigenvalue weighted by molar-refractivity contribution is 0.0953. The standard InChI is InChI=1S/C13H22N4O3S/c1-3-6-14-12-10-11(5-9-15-12)13(18)16-7-4-8-17-21(2,19)20/h5,9-10,17H,3-4,6-8H2,1-2H3,(H,14,15)(H,16,18). The Morgan fingerprint density at radius 2 is 2.05 bits per heavy atom. The highest BCUT2D eigenvalue weighted by molar-refractivity contribution is 7.88. The zero-order valence-electron chi connectivity index (χ0n) is 12.3. The van der Waals surface area contributed by atoms with Crippen LogP contribution >= 0.6 is 0 Å². The molecule has 1 aromatic heterocycles. The smallest absolute Gasteiger partial charge is 0.251 e. The number of nitrogens with zero attached hydrogens (tertiary/aromatic N) is 1. The molecule has 8 heteroatoms. The number of aromatic nitrogens is 1. The van der Waals surface area contributed by atoms with Crippen LogP contribution in [0.25, 0.3) is 0 Å². The molecule has 0 radical (unpaired) electrons. The van der Waals surface area contributed by atoms with Crippen molar-refractivity contribution < 1.29 is 13.2 Å². The fraction of sp³-hybridized carbons (Fsp3) is 0.538. The first kappa shape index (κ1) is 17.4. The molecule has 0 aromatic carbocycles. The second kappa shape index (κ2) is 8.58. The molecule has 0 aliphatic carbocycles. The largest absolute Gasteiger partial charge is 0.370 e. The number of pyridine rings is 1. The van der Waals surface area contributed by atoms with Crippen molar-refractivity contribution in [1.29, 1.82) is 0 Å². The van der Waals surface area contributed by atoms with Gasteiger partial charge in [-0.2, -0.15) is 0 Å². The molecule has 0 aliphatic rings. The average Bonchev–Trinajstić information content (AvgIpc) is 2.43. The maximum absolute atomic E-state index is 11.9. The Balaban J connectivity index is 2.38. The zero-order chi connectivity index (χ0) is 15.7. The maximum Gasteiger partial charge on any atom is 0.251 e. The summed E-state index contributed by atoms with van der Waals surface area (Å²) in [6.45, 7) is 3.56. The van der Waals surface area contributed by atoms with Crippen LogP contribution in [0.4, 0.5) is 5.82 Å². The van der Waals surface area contributed by atoms with E-state index in [0.29, 0.717) is 30.9 Å². The number of hydrogen-bond donors (Lipinski definition) is 3. The first-order chi connectivity index (χ1) is 9.92. The van der Waals surface area contributed by atoms with E-state index in [-0.39, 0.29) is 5.91 Å². The number of amides is 1. The Bertz CT molecular complexity index is 560. The van der Waals surface area contributed by atoms with Gasteiger partial charge in [-0.3, -0.25) is 4.79 Å². The van der Waals surface area contributed by atoms with Gasteiger partial charge < -0.3 is 10.6 Å². The summed E-state index contributed by atoms with van der Waals surface area (Å²) in [6.07, 6.45) is 4.20. The molecule has 3 N–H and O–H groups in total. The Morgan fingerprint density at radius 1 is 1.29 bits per heavy atom. The second-order valence-corrected chi connectivity index (χ2v) is 6.47. The number of carbonyl (C=O) groups is 1. The van der Waals surface area contributed by atoms with E-state index in [1.807, 2.05) is 6.92 Å². The molecule has 21 heavy (non-hydrogen) atoms. The molecule has 0 saturated carbocycles. The summed E-state index contributed by atoms with van der Waals surface area (Å²) in [5.41, 5.74) is 0.527. The van der Waals surface area contributed by atoms with E-state index < -0.39 is 10.0 Å².